The van der Waals surface area contributed by atoms with Crippen molar-refractivity contribution in [1.29, 1.82) is 0 Å². The summed E-state index contributed by atoms with van der Waals surface area (Å²) in [4.78, 5) is 27.9. The molecule has 32 heavy (non-hydrogen) atoms. The predicted octanol–water partition coefficient (Wildman–Crippen LogP) is 4.10. The van der Waals surface area contributed by atoms with Gasteiger partial charge in [0.1, 0.15) is 17.2 Å². The highest BCUT2D eigenvalue weighted by Gasteiger charge is 2.39. The van der Waals surface area contributed by atoms with E-state index in [-0.39, 0.29) is 30.2 Å². The highest BCUT2D eigenvalue weighted by molar-refractivity contribution is 6.37. The van der Waals surface area contributed by atoms with Crippen LogP contribution >= 0.6 is 0 Å². The lowest BCUT2D eigenvalue weighted by atomic mass is 10.0. The van der Waals surface area contributed by atoms with Crippen LogP contribution in [0.2, 0.25) is 0 Å². The van der Waals surface area contributed by atoms with Crippen molar-refractivity contribution < 1.29 is 23.8 Å². The second kappa shape index (κ2) is 10.8. The Bertz CT molecular complexity index is 982. The number of para-hydroxylation sites is 1. The third kappa shape index (κ3) is 5.29. The Morgan fingerprint density at radius 1 is 1.00 bits per heavy atom. The van der Waals surface area contributed by atoms with Gasteiger partial charge in [-0.05, 0) is 57.5 Å². The molecule has 0 radical (unpaired) electrons. The first-order chi connectivity index (χ1) is 15.5. The maximum absolute atomic E-state index is 13.3. The molecule has 0 aromatic heterocycles. The smallest absolute Gasteiger partial charge is 0.278 e. The average Bonchev–Trinajstić information content (AvgIpc) is 3.01. The number of nitrogens with zero attached hydrogens (tertiary/aromatic N) is 1. The maximum atomic E-state index is 13.3. The van der Waals surface area contributed by atoms with Crippen LogP contribution < -0.4 is 14.8 Å². The van der Waals surface area contributed by atoms with Gasteiger partial charge in [-0.25, -0.2) is 0 Å². The normalized spacial score (nSPS) is 13.8. The minimum Gasteiger partial charge on any atom is -0.496 e. The summed E-state index contributed by atoms with van der Waals surface area (Å²) < 4.78 is 16.5. The van der Waals surface area contributed by atoms with Crippen LogP contribution in [0.25, 0.3) is 5.57 Å². The largest absolute Gasteiger partial charge is 0.496 e. The van der Waals surface area contributed by atoms with E-state index in [2.05, 4.69) is 5.32 Å². The summed E-state index contributed by atoms with van der Waals surface area (Å²) in [6.07, 6.45) is 0.657. The van der Waals surface area contributed by atoms with Gasteiger partial charge in [0.15, 0.2) is 0 Å². The molecule has 7 nitrogen and oxygen atoms in total. The summed E-state index contributed by atoms with van der Waals surface area (Å²) in [7, 11) is 1.54. The summed E-state index contributed by atoms with van der Waals surface area (Å²) in [5.41, 5.74) is 1.78. The average molecular weight is 439 g/mol. The predicted molar refractivity (Wildman–Crippen MR) is 124 cm³/mol. The van der Waals surface area contributed by atoms with Crippen molar-refractivity contribution >= 4 is 23.1 Å². The Kier molecular flexibility index (Phi) is 7.89. The summed E-state index contributed by atoms with van der Waals surface area (Å²) in [6, 6.07) is 14.5. The Labute approximate surface area is 189 Å². The van der Waals surface area contributed by atoms with E-state index in [9.17, 15) is 9.59 Å². The number of rotatable bonds is 11. The number of hydrogen-bond acceptors (Lipinski definition) is 6. The van der Waals surface area contributed by atoms with Crippen LogP contribution in [-0.2, 0) is 14.3 Å². The van der Waals surface area contributed by atoms with Gasteiger partial charge in [0.05, 0.1) is 25.4 Å². The number of benzene rings is 2. The monoisotopic (exact) mass is 438 g/mol. The van der Waals surface area contributed by atoms with E-state index >= 15 is 0 Å². The van der Waals surface area contributed by atoms with Gasteiger partial charge < -0.3 is 19.5 Å². The maximum Gasteiger partial charge on any atom is 0.278 e. The molecule has 2 aromatic carbocycles. The van der Waals surface area contributed by atoms with E-state index in [1.165, 1.54) is 4.90 Å². The number of anilines is 1. The summed E-state index contributed by atoms with van der Waals surface area (Å²) in [5, 5.41) is 3.15. The summed E-state index contributed by atoms with van der Waals surface area (Å²) in [5.74, 6) is 0.545. The number of nitrogens with one attached hydrogen (secondary N) is 1. The van der Waals surface area contributed by atoms with Gasteiger partial charge in [-0.2, -0.15) is 0 Å². The van der Waals surface area contributed by atoms with E-state index in [1.54, 1.807) is 19.2 Å². The van der Waals surface area contributed by atoms with Crippen LogP contribution in [0.1, 0.15) is 32.8 Å². The van der Waals surface area contributed by atoms with E-state index in [4.69, 9.17) is 14.2 Å². The quantitative estimate of drug-likeness (QED) is 0.420. The number of carbonyl (C=O) groups excluding carboxylic acids is 2. The van der Waals surface area contributed by atoms with Crippen molar-refractivity contribution in [3.05, 3.63) is 59.8 Å². The minimum absolute atomic E-state index is 0.0964. The van der Waals surface area contributed by atoms with Crippen LogP contribution in [0.4, 0.5) is 5.69 Å². The van der Waals surface area contributed by atoms with Crippen molar-refractivity contribution in [3.63, 3.8) is 0 Å². The van der Waals surface area contributed by atoms with Crippen LogP contribution in [0.15, 0.2) is 54.2 Å². The molecule has 0 saturated carbocycles. The second-order valence-electron chi connectivity index (χ2n) is 7.57. The molecule has 0 spiro atoms. The molecule has 0 saturated heterocycles. The van der Waals surface area contributed by atoms with Gasteiger partial charge in [0.2, 0.25) is 0 Å². The molecule has 1 aliphatic heterocycles. The molecule has 0 fully saturated rings. The van der Waals surface area contributed by atoms with E-state index in [1.807, 2.05) is 57.2 Å². The van der Waals surface area contributed by atoms with Gasteiger partial charge in [0.25, 0.3) is 11.8 Å². The third-order valence-corrected chi connectivity index (χ3v) is 4.96. The van der Waals surface area contributed by atoms with Gasteiger partial charge >= 0.3 is 0 Å². The first-order valence-electron chi connectivity index (χ1n) is 10.8. The van der Waals surface area contributed by atoms with Crippen LogP contribution in [0.3, 0.4) is 0 Å². The topological polar surface area (TPSA) is 77.1 Å². The highest BCUT2D eigenvalue weighted by Crippen LogP contribution is 2.35. The first kappa shape index (κ1) is 23.3. The number of amides is 2. The zero-order valence-electron chi connectivity index (χ0n) is 19.0. The van der Waals surface area contributed by atoms with Crippen molar-refractivity contribution in [1.82, 2.24) is 4.90 Å². The standard InChI is InChI=1S/C25H30N2O5/c1-5-31-19-13-11-18(12-14-19)26-23-22(20-9-6-7-10-21(20)30-4)24(28)27(25(23)29)15-8-16-32-17(2)3/h6-7,9-14,17,26H,5,8,15-16H2,1-4H3. The minimum atomic E-state index is -0.366. The molecular weight excluding hydrogens is 408 g/mol. The number of hydrogen-bond donors (Lipinski definition) is 1. The molecule has 1 aliphatic rings. The van der Waals surface area contributed by atoms with Gasteiger partial charge in [-0.1, -0.05) is 18.2 Å². The van der Waals surface area contributed by atoms with E-state index in [0.29, 0.717) is 42.2 Å². The van der Waals surface area contributed by atoms with Crippen molar-refractivity contribution in [2.24, 2.45) is 0 Å². The Morgan fingerprint density at radius 2 is 1.72 bits per heavy atom. The van der Waals surface area contributed by atoms with Gasteiger partial charge in [0, 0.05) is 24.4 Å². The molecule has 1 N–H and O–H groups in total. The van der Waals surface area contributed by atoms with Crippen molar-refractivity contribution in [2.75, 3.05) is 32.2 Å². The summed E-state index contributed by atoms with van der Waals surface area (Å²) >= 11 is 0. The molecular formula is C25H30N2O5. The molecule has 7 heteroatoms. The fourth-order valence-corrected chi connectivity index (χ4v) is 3.48. The number of methoxy groups -OCH3 is 1. The zero-order valence-corrected chi connectivity index (χ0v) is 19.0. The third-order valence-electron chi connectivity index (χ3n) is 4.96. The van der Waals surface area contributed by atoms with Crippen LogP contribution in [-0.4, -0.2) is 49.7 Å². The Morgan fingerprint density at radius 3 is 2.38 bits per heavy atom. The van der Waals surface area contributed by atoms with Crippen LogP contribution in [0, 0.1) is 0 Å². The SMILES string of the molecule is CCOc1ccc(NC2=C(c3ccccc3OC)C(=O)N(CCCOC(C)C)C2=O)cc1. The number of carbonyl (C=O) groups is 2. The van der Waals surface area contributed by atoms with Crippen LogP contribution in [0.5, 0.6) is 11.5 Å². The first-order valence-corrected chi connectivity index (χ1v) is 10.8. The molecule has 0 unspecified atom stereocenters. The molecule has 0 bridgehead atoms. The molecule has 3 rings (SSSR count). The van der Waals surface area contributed by atoms with E-state index < -0.39 is 0 Å². The Hall–Kier alpha value is -3.32. The number of ether oxygens (including phenoxy) is 3. The van der Waals surface area contributed by atoms with Gasteiger partial charge in [-0.15, -0.1) is 0 Å². The molecule has 0 aliphatic carbocycles. The lowest BCUT2D eigenvalue weighted by Crippen LogP contribution is -2.34. The molecule has 170 valence electrons. The molecule has 2 amide bonds. The van der Waals surface area contributed by atoms with Gasteiger partial charge in [-0.3, -0.25) is 14.5 Å². The lowest BCUT2D eigenvalue weighted by molar-refractivity contribution is -0.137. The molecule has 1 heterocycles. The highest BCUT2D eigenvalue weighted by atomic mass is 16.5. The number of imide groups is 1. The fraction of sp³-hybridized carbons (Fsp3) is 0.360. The fourth-order valence-electron chi connectivity index (χ4n) is 3.48. The zero-order chi connectivity index (χ0) is 23.1. The Balaban J connectivity index is 1.92. The molecule has 0 atom stereocenters. The summed E-state index contributed by atoms with van der Waals surface area (Å²) in [6.45, 7) is 7.13. The van der Waals surface area contributed by atoms with Crippen molar-refractivity contribution in [2.45, 2.75) is 33.3 Å². The lowest BCUT2D eigenvalue weighted by Gasteiger charge is -2.16. The molecule has 2 aromatic rings. The second-order valence-corrected chi connectivity index (χ2v) is 7.57. The van der Waals surface area contributed by atoms with E-state index in [0.717, 1.165) is 5.75 Å². The van der Waals surface area contributed by atoms with Crippen molar-refractivity contribution in [3.8, 4) is 11.5 Å².